The van der Waals surface area contributed by atoms with E-state index in [1.165, 1.54) is 5.56 Å². The smallest absolute Gasteiger partial charge is 0.246 e. The maximum Gasteiger partial charge on any atom is 0.246 e. The van der Waals surface area contributed by atoms with E-state index in [0.717, 1.165) is 35.3 Å². The fourth-order valence-corrected chi connectivity index (χ4v) is 4.36. The molecule has 1 atom stereocenters. The third kappa shape index (κ3) is 2.26. The predicted octanol–water partition coefficient (Wildman–Crippen LogP) is 3.04. The molecule has 1 fully saturated rings. The number of nitrogens with one attached hydrogen (secondary N) is 2. The van der Waals surface area contributed by atoms with Gasteiger partial charge in [-0.05, 0) is 35.7 Å². The fourth-order valence-electron chi connectivity index (χ4n) is 4.36. The predicted molar refractivity (Wildman–Crippen MR) is 103 cm³/mol. The van der Waals surface area contributed by atoms with Crippen molar-refractivity contribution in [1.29, 1.82) is 0 Å². The number of methoxy groups -OCH3 is 1. The first kappa shape index (κ1) is 15.9. The van der Waals surface area contributed by atoms with Crippen molar-refractivity contribution in [1.82, 2.24) is 15.5 Å². The molecule has 6 heteroatoms. The number of fused-ring (bicyclic) bond motifs is 1. The normalized spacial score (nSPS) is 20.8. The number of H-pyrrole nitrogens is 1. The molecule has 0 aliphatic carbocycles. The topological polar surface area (TPSA) is 70.2 Å². The molecule has 3 aromatic rings. The van der Waals surface area contributed by atoms with E-state index in [4.69, 9.17) is 4.74 Å². The Morgan fingerprint density at radius 3 is 2.70 bits per heavy atom. The van der Waals surface area contributed by atoms with Crippen LogP contribution in [0.3, 0.4) is 0 Å². The number of hydrogen-bond acceptors (Lipinski definition) is 4. The molecule has 1 saturated heterocycles. The number of carbonyl (C=O) groups is 1. The van der Waals surface area contributed by atoms with Gasteiger partial charge in [0.1, 0.15) is 5.54 Å². The molecule has 0 bridgehead atoms. The third-order valence-corrected chi connectivity index (χ3v) is 5.63. The van der Waals surface area contributed by atoms with Gasteiger partial charge in [0, 0.05) is 30.5 Å². The van der Waals surface area contributed by atoms with E-state index in [0.29, 0.717) is 12.4 Å². The van der Waals surface area contributed by atoms with Crippen molar-refractivity contribution in [3.05, 3.63) is 60.3 Å². The number of carbonyl (C=O) groups excluding carboxylic acids is 1. The van der Waals surface area contributed by atoms with Crippen LogP contribution in [0.2, 0.25) is 0 Å². The summed E-state index contributed by atoms with van der Waals surface area (Å²) in [5.41, 5.74) is 4.75. The molecule has 136 valence electrons. The highest BCUT2D eigenvalue weighted by atomic mass is 16.5. The van der Waals surface area contributed by atoms with Crippen LogP contribution in [0.5, 0.6) is 5.88 Å². The Morgan fingerprint density at radius 2 is 1.96 bits per heavy atom. The molecule has 0 saturated carbocycles. The van der Waals surface area contributed by atoms with Gasteiger partial charge in [-0.3, -0.25) is 9.89 Å². The van der Waals surface area contributed by atoms with Crippen molar-refractivity contribution in [2.75, 3.05) is 18.6 Å². The zero-order valence-electron chi connectivity index (χ0n) is 15.0. The van der Waals surface area contributed by atoms with Crippen LogP contribution in [0, 0.1) is 0 Å². The summed E-state index contributed by atoms with van der Waals surface area (Å²) in [5, 5.41) is 9.96. The first-order chi connectivity index (χ1) is 13.2. The van der Waals surface area contributed by atoms with Crippen molar-refractivity contribution in [3.8, 4) is 17.0 Å². The second-order valence-electron chi connectivity index (χ2n) is 7.03. The molecule has 2 aromatic carbocycles. The molecule has 1 aromatic heterocycles. The zero-order chi connectivity index (χ0) is 18.4. The van der Waals surface area contributed by atoms with E-state index in [2.05, 4.69) is 44.7 Å². The summed E-state index contributed by atoms with van der Waals surface area (Å²) in [4.78, 5) is 15.0. The number of rotatable bonds is 3. The van der Waals surface area contributed by atoms with Gasteiger partial charge in [0.15, 0.2) is 0 Å². The Bertz CT molecular complexity index is 1010. The number of aromatic nitrogens is 2. The van der Waals surface area contributed by atoms with Crippen LogP contribution in [0.25, 0.3) is 11.1 Å². The zero-order valence-corrected chi connectivity index (χ0v) is 15.0. The number of benzene rings is 2. The Hall–Kier alpha value is -3.28. The van der Waals surface area contributed by atoms with Gasteiger partial charge in [-0.15, -0.1) is 5.10 Å². The Kier molecular flexibility index (Phi) is 3.47. The van der Waals surface area contributed by atoms with Crippen LogP contribution < -0.4 is 15.0 Å². The molecule has 5 rings (SSSR count). The number of hydrogen-bond donors (Lipinski definition) is 2. The lowest BCUT2D eigenvalue weighted by atomic mass is 9.92. The van der Waals surface area contributed by atoms with E-state index in [-0.39, 0.29) is 5.91 Å². The number of ether oxygens (including phenoxy) is 1. The van der Waals surface area contributed by atoms with E-state index in [1.807, 2.05) is 30.5 Å². The molecule has 2 aliphatic heterocycles. The monoisotopic (exact) mass is 360 g/mol. The van der Waals surface area contributed by atoms with Crippen LogP contribution in [-0.2, 0) is 11.2 Å². The summed E-state index contributed by atoms with van der Waals surface area (Å²) >= 11 is 0. The summed E-state index contributed by atoms with van der Waals surface area (Å²) in [6.45, 7) is 0.716. The van der Waals surface area contributed by atoms with Gasteiger partial charge in [0.05, 0.1) is 12.7 Å². The lowest BCUT2D eigenvalue weighted by molar-refractivity contribution is -0.123. The molecular formula is C21H20N4O2. The van der Waals surface area contributed by atoms with Gasteiger partial charge in [-0.1, -0.05) is 30.3 Å². The first-order valence-electron chi connectivity index (χ1n) is 9.07. The van der Waals surface area contributed by atoms with Gasteiger partial charge < -0.3 is 15.0 Å². The minimum absolute atomic E-state index is 0.110. The summed E-state index contributed by atoms with van der Waals surface area (Å²) in [6.07, 6.45) is 3.37. The van der Waals surface area contributed by atoms with Crippen LogP contribution in [0.1, 0.15) is 12.0 Å². The number of para-hydroxylation sites is 1. The van der Waals surface area contributed by atoms with E-state index in [1.54, 1.807) is 7.11 Å². The Morgan fingerprint density at radius 1 is 1.15 bits per heavy atom. The molecule has 1 unspecified atom stereocenters. The molecule has 1 spiro atoms. The van der Waals surface area contributed by atoms with Gasteiger partial charge in [0.2, 0.25) is 11.8 Å². The molecule has 2 N–H and O–H groups in total. The maximum absolute atomic E-state index is 12.8. The highest BCUT2D eigenvalue weighted by Gasteiger charge is 2.52. The van der Waals surface area contributed by atoms with E-state index in [9.17, 15) is 4.79 Å². The second kappa shape index (κ2) is 5.87. The van der Waals surface area contributed by atoms with Crippen molar-refractivity contribution in [2.24, 2.45) is 0 Å². The molecule has 1 amide bonds. The standard InChI is InChI=1S/C21H20N4O2/c1-27-19-17(13-23-24-19)14-6-8-16(9-7-14)25-18-5-3-2-4-15(18)12-21(25)10-11-22-20(21)26/h2-9,13H,10-12H2,1H3,(H,22,26)(H,23,24). The SMILES string of the molecule is COc1n[nH]cc1-c1ccc(N2c3ccccc3CC23CCNC3=O)cc1. The number of anilines is 2. The van der Waals surface area contributed by atoms with Crippen LogP contribution in [0.15, 0.2) is 54.7 Å². The minimum atomic E-state index is -0.529. The molecule has 27 heavy (non-hydrogen) atoms. The van der Waals surface area contributed by atoms with Gasteiger partial charge in [0.25, 0.3) is 0 Å². The summed E-state index contributed by atoms with van der Waals surface area (Å²) in [5.74, 6) is 0.681. The maximum atomic E-state index is 12.8. The van der Waals surface area contributed by atoms with Crippen molar-refractivity contribution in [3.63, 3.8) is 0 Å². The van der Waals surface area contributed by atoms with Crippen molar-refractivity contribution in [2.45, 2.75) is 18.4 Å². The van der Waals surface area contributed by atoms with Crippen molar-refractivity contribution >= 4 is 17.3 Å². The highest BCUT2D eigenvalue weighted by molar-refractivity contribution is 5.98. The molecule has 6 nitrogen and oxygen atoms in total. The summed E-state index contributed by atoms with van der Waals surface area (Å²) in [7, 11) is 1.61. The average Bonchev–Trinajstić information content (AvgIpc) is 3.40. The highest BCUT2D eigenvalue weighted by Crippen LogP contribution is 2.47. The molecule has 3 heterocycles. The number of amides is 1. The molecular weight excluding hydrogens is 340 g/mol. The average molecular weight is 360 g/mol. The summed E-state index contributed by atoms with van der Waals surface area (Å²) in [6, 6.07) is 16.5. The number of aromatic amines is 1. The quantitative estimate of drug-likeness (QED) is 0.753. The number of nitrogens with zero attached hydrogens (tertiary/aromatic N) is 2. The third-order valence-electron chi connectivity index (χ3n) is 5.63. The lowest BCUT2D eigenvalue weighted by Crippen LogP contribution is -2.50. The van der Waals surface area contributed by atoms with Crippen LogP contribution in [-0.4, -0.2) is 35.3 Å². The second-order valence-corrected chi connectivity index (χ2v) is 7.03. The van der Waals surface area contributed by atoms with Gasteiger partial charge in [-0.25, -0.2) is 0 Å². The lowest BCUT2D eigenvalue weighted by Gasteiger charge is -2.35. The van der Waals surface area contributed by atoms with Crippen LogP contribution in [0.4, 0.5) is 11.4 Å². The summed E-state index contributed by atoms with van der Waals surface area (Å²) < 4.78 is 5.30. The molecule has 2 aliphatic rings. The minimum Gasteiger partial charge on any atom is -0.480 e. The fraction of sp³-hybridized carbons (Fsp3) is 0.238. The van der Waals surface area contributed by atoms with Gasteiger partial charge in [-0.2, -0.15) is 0 Å². The van der Waals surface area contributed by atoms with Crippen LogP contribution >= 0.6 is 0 Å². The van der Waals surface area contributed by atoms with E-state index < -0.39 is 5.54 Å². The Labute approximate surface area is 157 Å². The van der Waals surface area contributed by atoms with E-state index >= 15 is 0 Å². The van der Waals surface area contributed by atoms with Gasteiger partial charge >= 0.3 is 0 Å². The van der Waals surface area contributed by atoms with Crippen molar-refractivity contribution < 1.29 is 9.53 Å². The Balaban J connectivity index is 1.59. The molecule has 0 radical (unpaired) electrons. The first-order valence-corrected chi connectivity index (χ1v) is 9.07. The largest absolute Gasteiger partial charge is 0.480 e.